The third-order valence-corrected chi connectivity index (χ3v) is 4.86. The summed E-state index contributed by atoms with van der Waals surface area (Å²) in [4.78, 5) is 15.9. The van der Waals surface area contributed by atoms with Crippen LogP contribution in [0.25, 0.3) is 11.0 Å². The van der Waals surface area contributed by atoms with Gasteiger partial charge in [-0.05, 0) is 50.3 Å². The number of carboxylic acids is 1. The van der Waals surface area contributed by atoms with Gasteiger partial charge in [0.15, 0.2) is 0 Å². The summed E-state index contributed by atoms with van der Waals surface area (Å²) in [6.07, 6.45) is 6.77. The van der Waals surface area contributed by atoms with Gasteiger partial charge < -0.3 is 9.67 Å². The molecule has 4 heteroatoms. The van der Waals surface area contributed by atoms with Crippen molar-refractivity contribution >= 4 is 17.0 Å². The maximum atomic E-state index is 11.1. The van der Waals surface area contributed by atoms with E-state index in [2.05, 4.69) is 18.4 Å². The van der Waals surface area contributed by atoms with Gasteiger partial charge >= 0.3 is 5.97 Å². The highest BCUT2D eigenvalue weighted by atomic mass is 16.4. The molecule has 21 heavy (non-hydrogen) atoms. The number of carboxylic acid groups (broad SMARTS) is 1. The first-order chi connectivity index (χ1) is 10.1. The van der Waals surface area contributed by atoms with Gasteiger partial charge in [0.1, 0.15) is 5.82 Å². The Morgan fingerprint density at radius 2 is 2.14 bits per heavy atom. The van der Waals surface area contributed by atoms with E-state index in [0.29, 0.717) is 5.56 Å². The van der Waals surface area contributed by atoms with Crippen molar-refractivity contribution in [1.29, 1.82) is 0 Å². The van der Waals surface area contributed by atoms with Gasteiger partial charge in [0.25, 0.3) is 0 Å². The molecule has 1 aliphatic rings. The molecule has 1 aromatic heterocycles. The monoisotopic (exact) mass is 286 g/mol. The van der Waals surface area contributed by atoms with Crippen LogP contribution in [0.1, 0.15) is 62.1 Å². The number of fused-ring (bicyclic) bond motifs is 1. The Morgan fingerprint density at radius 1 is 1.38 bits per heavy atom. The Labute approximate surface area is 124 Å². The second-order valence-corrected chi connectivity index (χ2v) is 6.05. The zero-order valence-electron chi connectivity index (χ0n) is 12.7. The molecule has 1 fully saturated rings. The van der Waals surface area contributed by atoms with Crippen molar-refractivity contribution in [1.82, 2.24) is 9.55 Å². The number of rotatable bonds is 5. The topological polar surface area (TPSA) is 55.1 Å². The molecule has 0 radical (unpaired) electrons. The van der Waals surface area contributed by atoms with Crippen molar-refractivity contribution in [2.45, 2.75) is 57.9 Å². The fourth-order valence-corrected chi connectivity index (χ4v) is 3.50. The van der Waals surface area contributed by atoms with Crippen molar-refractivity contribution in [3.63, 3.8) is 0 Å². The van der Waals surface area contributed by atoms with Crippen molar-refractivity contribution in [2.24, 2.45) is 0 Å². The number of hydrogen-bond donors (Lipinski definition) is 1. The van der Waals surface area contributed by atoms with Crippen LogP contribution in [-0.2, 0) is 12.0 Å². The smallest absolute Gasteiger partial charge is 0.335 e. The quantitative estimate of drug-likeness (QED) is 0.904. The van der Waals surface area contributed by atoms with Crippen LogP contribution in [0.5, 0.6) is 0 Å². The molecule has 0 unspecified atom stereocenters. The third kappa shape index (κ3) is 2.13. The number of nitrogens with zero attached hydrogens (tertiary/aromatic N) is 2. The van der Waals surface area contributed by atoms with Crippen LogP contribution in [0.15, 0.2) is 18.2 Å². The van der Waals surface area contributed by atoms with Gasteiger partial charge in [-0.25, -0.2) is 9.78 Å². The molecular formula is C17H22N2O2. The summed E-state index contributed by atoms with van der Waals surface area (Å²) in [7, 11) is 0. The van der Waals surface area contributed by atoms with E-state index >= 15 is 0 Å². The molecule has 1 aliphatic carbocycles. The molecule has 0 amide bonds. The number of benzene rings is 1. The highest BCUT2D eigenvalue weighted by Crippen LogP contribution is 2.44. The number of hydrogen-bond acceptors (Lipinski definition) is 2. The van der Waals surface area contributed by atoms with E-state index in [9.17, 15) is 4.79 Å². The first kappa shape index (κ1) is 14.1. The van der Waals surface area contributed by atoms with E-state index in [1.54, 1.807) is 12.1 Å². The third-order valence-electron chi connectivity index (χ3n) is 4.86. The zero-order valence-corrected chi connectivity index (χ0v) is 12.7. The molecule has 3 rings (SSSR count). The van der Waals surface area contributed by atoms with Gasteiger partial charge in [-0.15, -0.1) is 0 Å². The minimum atomic E-state index is -0.891. The molecule has 2 aromatic rings. The van der Waals surface area contributed by atoms with E-state index in [1.807, 2.05) is 6.07 Å². The van der Waals surface area contributed by atoms with Crippen molar-refractivity contribution in [2.75, 3.05) is 0 Å². The lowest BCUT2D eigenvalue weighted by atomic mass is 9.74. The van der Waals surface area contributed by atoms with Gasteiger partial charge in [-0.1, -0.05) is 13.8 Å². The number of aromatic nitrogens is 2. The predicted molar refractivity (Wildman–Crippen MR) is 82.8 cm³/mol. The molecule has 112 valence electrons. The lowest BCUT2D eigenvalue weighted by Crippen LogP contribution is -2.40. The molecule has 1 saturated carbocycles. The zero-order chi connectivity index (χ0) is 15.0. The molecule has 0 atom stereocenters. The summed E-state index contributed by atoms with van der Waals surface area (Å²) in [5, 5.41) is 9.15. The van der Waals surface area contributed by atoms with Crippen LogP contribution in [0.4, 0.5) is 0 Å². The highest BCUT2D eigenvalue weighted by Gasteiger charge is 2.39. The molecule has 0 aliphatic heterocycles. The largest absolute Gasteiger partial charge is 0.478 e. The summed E-state index contributed by atoms with van der Waals surface area (Å²) < 4.78 is 2.40. The summed E-state index contributed by atoms with van der Waals surface area (Å²) in [5.74, 6) is 0.217. The highest BCUT2D eigenvalue weighted by molar-refractivity contribution is 5.92. The van der Waals surface area contributed by atoms with Crippen LogP contribution < -0.4 is 0 Å². The summed E-state index contributed by atoms with van der Waals surface area (Å²) in [6, 6.07) is 5.33. The summed E-state index contributed by atoms with van der Waals surface area (Å²) in [6.45, 7) is 4.40. The molecule has 4 nitrogen and oxygen atoms in total. The molecule has 0 bridgehead atoms. The molecule has 1 heterocycles. The van der Waals surface area contributed by atoms with Crippen molar-refractivity contribution in [3.05, 3.63) is 29.6 Å². The fourth-order valence-electron chi connectivity index (χ4n) is 3.50. The van der Waals surface area contributed by atoms with Crippen molar-refractivity contribution in [3.8, 4) is 0 Å². The normalized spacial score (nSPS) is 16.9. The average molecular weight is 286 g/mol. The molecule has 0 saturated heterocycles. The van der Waals surface area contributed by atoms with Crippen LogP contribution in [-0.4, -0.2) is 20.6 Å². The Hall–Kier alpha value is -1.84. The number of aryl methyl sites for hydroxylation is 1. The van der Waals surface area contributed by atoms with Gasteiger partial charge in [0.05, 0.1) is 16.6 Å². The van der Waals surface area contributed by atoms with E-state index in [0.717, 1.165) is 36.1 Å². The lowest BCUT2D eigenvalue weighted by Gasteiger charge is -2.44. The number of carbonyl (C=O) groups is 1. The molecule has 1 aromatic carbocycles. The summed E-state index contributed by atoms with van der Waals surface area (Å²) >= 11 is 0. The van der Waals surface area contributed by atoms with E-state index < -0.39 is 5.97 Å². The van der Waals surface area contributed by atoms with E-state index in [-0.39, 0.29) is 5.54 Å². The van der Waals surface area contributed by atoms with E-state index in [1.165, 1.54) is 19.3 Å². The van der Waals surface area contributed by atoms with Gasteiger partial charge in [0.2, 0.25) is 0 Å². The van der Waals surface area contributed by atoms with Crippen LogP contribution >= 0.6 is 0 Å². The Kier molecular flexibility index (Phi) is 3.47. The van der Waals surface area contributed by atoms with Gasteiger partial charge in [-0.3, -0.25) is 0 Å². The van der Waals surface area contributed by atoms with E-state index in [4.69, 9.17) is 10.1 Å². The maximum Gasteiger partial charge on any atom is 0.335 e. The van der Waals surface area contributed by atoms with Crippen molar-refractivity contribution < 1.29 is 9.90 Å². The Morgan fingerprint density at radius 3 is 2.67 bits per heavy atom. The van der Waals surface area contributed by atoms with Crippen LogP contribution in [0.2, 0.25) is 0 Å². The Balaban J connectivity index is 2.20. The fraction of sp³-hybridized carbons (Fsp3) is 0.529. The standard InChI is InChI=1S/C17H22N2O2/c1-3-6-15-18-13-11-12(16(20)21)7-8-14(13)19(15)17(4-2)9-5-10-17/h7-8,11H,3-6,9-10H2,1-2H3,(H,20,21). The first-order valence-corrected chi connectivity index (χ1v) is 7.86. The average Bonchev–Trinajstić information content (AvgIpc) is 2.77. The van der Waals surface area contributed by atoms with Gasteiger partial charge in [0, 0.05) is 12.0 Å². The summed E-state index contributed by atoms with van der Waals surface area (Å²) in [5.41, 5.74) is 2.42. The second-order valence-electron chi connectivity index (χ2n) is 6.05. The predicted octanol–water partition coefficient (Wildman–Crippen LogP) is 3.98. The first-order valence-electron chi connectivity index (χ1n) is 7.86. The number of aromatic carboxylic acids is 1. The second kappa shape index (κ2) is 5.17. The number of imidazole rings is 1. The molecule has 0 spiro atoms. The maximum absolute atomic E-state index is 11.1. The van der Waals surface area contributed by atoms with Crippen LogP contribution in [0.3, 0.4) is 0 Å². The molecular weight excluding hydrogens is 264 g/mol. The lowest BCUT2D eigenvalue weighted by molar-refractivity contribution is 0.0697. The molecule has 1 N–H and O–H groups in total. The minimum absolute atomic E-state index is 0.198. The van der Waals surface area contributed by atoms with Crippen LogP contribution in [0, 0.1) is 0 Å². The van der Waals surface area contributed by atoms with Gasteiger partial charge in [-0.2, -0.15) is 0 Å². The minimum Gasteiger partial charge on any atom is -0.478 e. The Bertz CT molecular complexity index is 678. The SMILES string of the molecule is CCCc1nc2cc(C(=O)O)ccc2n1C1(CC)CCC1.